The molecular formula is C16H20N2O3S2. The van der Waals surface area contributed by atoms with Gasteiger partial charge < -0.3 is 10.1 Å². The summed E-state index contributed by atoms with van der Waals surface area (Å²) in [5, 5.41) is 4.47. The van der Waals surface area contributed by atoms with Crippen LogP contribution in [0.3, 0.4) is 0 Å². The minimum absolute atomic E-state index is 0.181. The number of ether oxygens (including phenoxy) is 1. The van der Waals surface area contributed by atoms with E-state index in [0.717, 1.165) is 29.1 Å². The summed E-state index contributed by atoms with van der Waals surface area (Å²) in [4.78, 5) is 29.8. The number of aryl methyl sites for hydroxylation is 3. The van der Waals surface area contributed by atoms with E-state index in [9.17, 15) is 9.59 Å². The average Bonchev–Trinajstić information content (AvgIpc) is 3.02. The van der Waals surface area contributed by atoms with Crippen molar-refractivity contribution >= 4 is 39.6 Å². The predicted octanol–water partition coefficient (Wildman–Crippen LogP) is 4.20. The number of hydrogen-bond acceptors (Lipinski definition) is 6. The van der Waals surface area contributed by atoms with Crippen LogP contribution in [0.15, 0.2) is 6.07 Å². The van der Waals surface area contributed by atoms with Gasteiger partial charge in [0.2, 0.25) is 0 Å². The highest BCUT2D eigenvalue weighted by atomic mass is 32.1. The van der Waals surface area contributed by atoms with Crippen LogP contribution < -0.4 is 5.32 Å². The molecule has 7 heteroatoms. The second kappa shape index (κ2) is 7.70. The van der Waals surface area contributed by atoms with Crippen LogP contribution in [-0.2, 0) is 11.2 Å². The van der Waals surface area contributed by atoms with Crippen molar-refractivity contribution in [2.75, 3.05) is 11.9 Å². The fraction of sp³-hybridized carbons (Fsp3) is 0.438. The molecule has 2 heterocycles. The molecule has 2 rings (SSSR count). The Balaban J connectivity index is 2.14. The zero-order chi connectivity index (χ0) is 17.0. The summed E-state index contributed by atoms with van der Waals surface area (Å²) in [6, 6.07) is 1.79. The normalized spacial score (nSPS) is 10.6. The fourth-order valence-corrected chi connectivity index (χ4v) is 4.12. The van der Waals surface area contributed by atoms with E-state index in [2.05, 4.69) is 17.2 Å². The Labute approximate surface area is 143 Å². The molecule has 0 saturated heterocycles. The molecular weight excluding hydrogens is 332 g/mol. The zero-order valence-electron chi connectivity index (χ0n) is 13.7. The third kappa shape index (κ3) is 4.17. The van der Waals surface area contributed by atoms with Crippen molar-refractivity contribution in [2.24, 2.45) is 0 Å². The van der Waals surface area contributed by atoms with Crippen LogP contribution in [0.1, 0.15) is 55.9 Å². The molecule has 0 atom stereocenters. The molecule has 0 fully saturated rings. The molecule has 2 aromatic heterocycles. The van der Waals surface area contributed by atoms with Gasteiger partial charge in [-0.1, -0.05) is 6.92 Å². The van der Waals surface area contributed by atoms with E-state index in [0.29, 0.717) is 21.4 Å². The highest BCUT2D eigenvalue weighted by molar-refractivity contribution is 7.18. The molecule has 0 radical (unpaired) electrons. The Morgan fingerprint density at radius 2 is 1.96 bits per heavy atom. The maximum Gasteiger partial charge on any atom is 0.348 e. The van der Waals surface area contributed by atoms with Crippen molar-refractivity contribution in [1.82, 2.24) is 4.98 Å². The van der Waals surface area contributed by atoms with Crippen molar-refractivity contribution in [3.8, 4) is 0 Å². The second-order valence-corrected chi connectivity index (χ2v) is 7.21. The van der Waals surface area contributed by atoms with Gasteiger partial charge in [0, 0.05) is 0 Å². The summed E-state index contributed by atoms with van der Waals surface area (Å²) in [6.45, 7) is 7.86. The molecule has 0 saturated carbocycles. The summed E-state index contributed by atoms with van der Waals surface area (Å²) in [5.41, 5.74) is 1.55. The van der Waals surface area contributed by atoms with Crippen LogP contribution >= 0.6 is 22.7 Å². The number of anilines is 1. The molecule has 0 aliphatic carbocycles. The standard InChI is InChI=1S/C16H20N2O3S2/c1-5-7-11-17-10(4)14(22-11)15(19)18-12-8-9(3)13(23-12)16(20)21-6-2/h8H,5-7H2,1-4H3,(H,18,19). The summed E-state index contributed by atoms with van der Waals surface area (Å²) in [7, 11) is 0. The molecule has 0 aliphatic heterocycles. The smallest absolute Gasteiger partial charge is 0.348 e. The Bertz CT molecular complexity index is 719. The maximum absolute atomic E-state index is 12.4. The van der Waals surface area contributed by atoms with E-state index in [1.807, 2.05) is 13.8 Å². The molecule has 0 aliphatic rings. The lowest BCUT2D eigenvalue weighted by Gasteiger charge is -2.00. The van der Waals surface area contributed by atoms with E-state index in [1.165, 1.54) is 22.7 Å². The lowest BCUT2D eigenvalue weighted by atomic mass is 10.3. The summed E-state index contributed by atoms with van der Waals surface area (Å²) in [6.07, 6.45) is 1.88. The Morgan fingerprint density at radius 1 is 1.22 bits per heavy atom. The van der Waals surface area contributed by atoms with Gasteiger partial charge in [-0.15, -0.1) is 22.7 Å². The molecule has 0 bridgehead atoms. The minimum Gasteiger partial charge on any atom is -0.462 e. The number of hydrogen-bond donors (Lipinski definition) is 1. The van der Waals surface area contributed by atoms with Crippen molar-refractivity contribution in [3.63, 3.8) is 0 Å². The van der Waals surface area contributed by atoms with Gasteiger partial charge in [-0.2, -0.15) is 0 Å². The average molecular weight is 352 g/mol. The largest absolute Gasteiger partial charge is 0.462 e. The molecule has 5 nitrogen and oxygen atoms in total. The first-order valence-corrected chi connectivity index (χ1v) is 9.14. The van der Waals surface area contributed by atoms with Crippen LogP contribution in [0, 0.1) is 13.8 Å². The van der Waals surface area contributed by atoms with E-state index in [4.69, 9.17) is 4.74 Å². The van der Waals surface area contributed by atoms with Gasteiger partial charge in [0.1, 0.15) is 9.75 Å². The van der Waals surface area contributed by atoms with E-state index < -0.39 is 0 Å². The van der Waals surface area contributed by atoms with E-state index >= 15 is 0 Å². The summed E-state index contributed by atoms with van der Waals surface area (Å²) >= 11 is 2.66. The summed E-state index contributed by atoms with van der Waals surface area (Å²) in [5.74, 6) is -0.534. The van der Waals surface area contributed by atoms with E-state index in [1.54, 1.807) is 13.0 Å². The summed E-state index contributed by atoms with van der Waals surface area (Å²) < 4.78 is 5.01. The molecule has 0 aromatic carbocycles. The third-order valence-corrected chi connectivity index (χ3v) is 5.47. The van der Waals surface area contributed by atoms with E-state index in [-0.39, 0.29) is 11.9 Å². The van der Waals surface area contributed by atoms with Crippen LogP contribution in [0.2, 0.25) is 0 Å². The Morgan fingerprint density at radius 3 is 2.61 bits per heavy atom. The zero-order valence-corrected chi connectivity index (χ0v) is 15.3. The molecule has 2 aromatic rings. The molecule has 124 valence electrons. The topological polar surface area (TPSA) is 68.3 Å². The van der Waals surface area contributed by atoms with Gasteiger partial charge in [0.15, 0.2) is 0 Å². The van der Waals surface area contributed by atoms with Gasteiger partial charge in [0.05, 0.1) is 22.3 Å². The highest BCUT2D eigenvalue weighted by Crippen LogP contribution is 2.29. The first-order chi connectivity index (χ1) is 11.0. The number of carbonyl (C=O) groups is 2. The first kappa shape index (κ1) is 17.6. The number of amides is 1. The van der Waals surface area contributed by atoms with Crippen LogP contribution in [-0.4, -0.2) is 23.5 Å². The number of nitrogens with zero attached hydrogens (tertiary/aromatic N) is 1. The number of nitrogens with one attached hydrogen (secondary N) is 1. The fourth-order valence-electron chi connectivity index (χ4n) is 2.10. The molecule has 23 heavy (non-hydrogen) atoms. The number of aromatic nitrogens is 1. The van der Waals surface area contributed by atoms with Crippen molar-refractivity contribution in [2.45, 2.75) is 40.5 Å². The van der Waals surface area contributed by atoms with Crippen LogP contribution in [0.4, 0.5) is 5.00 Å². The van der Waals surface area contributed by atoms with Gasteiger partial charge in [0.25, 0.3) is 5.91 Å². The van der Waals surface area contributed by atoms with Crippen LogP contribution in [0.5, 0.6) is 0 Å². The van der Waals surface area contributed by atoms with Crippen molar-refractivity contribution in [3.05, 3.63) is 32.1 Å². The number of thiazole rings is 1. The lowest BCUT2D eigenvalue weighted by molar-refractivity contribution is 0.0531. The molecule has 0 unspecified atom stereocenters. The van der Waals surface area contributed by atoms with Gasteiger partial charge in [-0.3, -0.25) is 4.79 Å². The highest BCUT2D eigenvalue weighted by Gasteiger charge is 2.19. The number of carbonyl (C=O) groups excluding carboxylic acids is 2. The third-order valence-electron chi connectivity index (χ3n) is 3.13. The SMILES string of the molecule is CCCc1nc(C)c(C(=O)Nc2cc(C)c(C(=O)OCC)s2)s1. The Kier molecular flexibility index (Phi) is 5.90. The molecule has 0 spiro atoms. The van der Waals surface area contributed by atoms with Crippen molar-refractivity contribution < 1.29 is 14.3 Å². The monoisotopic (exact) mass is 352 g/mol. The van der Waals surface area contributed by atoms with Gasteiger partial charge in [-0.25, -0.2) is 9.78 Å². The van der Waals surface area contributed by atoms with Gasteiger partial charge >= 0.3 is 5.97 Å². The maximum atomic E-state index is 12.4. The molecule has 1 amide bonds. The molecule has 1 N–H and O–H groups in total. The van der Waals surface area contributed by atoms with Gasteiger partial charge in [-0.05, 0) is 45.2 Å². The number of esters is 1. The quantitative estimate of drug-likeness (QED) is 0.791. The predicted molar refractivity (Wildman–Crippen MR) is 93.8 cm³/mol. The van der Waals surface area contributed by atoms with Crippen molar-refractivity contribution in [1.29, 1.82) is 0 Å². The second-order valence-electron chi connectivity index (χ2n) is 5.07. The number of thiophene rings is 1. The first-order valence-electron chi connectivity index (χ1n) is 7.51. The lowest BCUT2D eigenvalue weighted by Crippen LogP contribution is -2.10. The number of rotatable bonds is 6. The Hall–Kier alpha value is -1.73. The van der Waals surface area contributed by atoms with Crippen LogP contribution in [0.25, 0.3) is 0 Å². The minimum atomic E-state index is -0.352.